The van der Waals surface area contributed by atoms with E-state index in [4.69, 9.17) is 0 Å². The number of hydrogen-bond acceptors (Lipinski definition) is 5. The highest BCUT2D eigenvalue weighted by Gasteiger charge is 2.43. The standard InChI is InChI=1S/C13H17N3O4S.ClH/c1-9-3-2-4-12(16(17)18)13(9)21(19,20)15-7-10-5-14-6-11(10)8-15;/h2-4,10-11,14H,5-8H2,1H3;1H/t10-,11+;. The topological polar surface area (TPSA) is 92.5 Å². The summed E-state index contributed by atoms with van der Waals surface area (Å²) in [4.78, 5) is 10.4. The lowest BCUT2D eigenvalue weighted by atomic mass is 10.0. The maximum Gasteiger partial charge on any atom is 0.289 e. The minimum Gasteiger partial charge on any atom is -0.316 e. The lowest BCUT2D eigenvalue weighted by molar-refractivity contribution is -0.387. The van der Waals surface area contributed by atoms with E-state index in [0.717, 1.165) is 13.1 Å². The molecule has 7 nitrogen and oxygen atoms in total. The zero-order valence-electron chi connectivity index (χ0n) is 12.1. The molecule has 122 valence electrons. The van der Waals surface area contributed by atoms with Crippen LogP contribution in [0.3, 0.4) is 0 Å². The van der Waals surface area contributed by atoms with Gasteiger partial charge in [0.05, 0.1) is 4.92 Å². The normalized spacial score (nSPS) is 24.8. The maximum atomic E-state index is 12.8. The molecule has 0 unspecified atom stereocenters. The number of benzene rings is 1. The molecule has 0 amide bonds. The summed E-state index contributed by atoms with van der Waals surface area (Å²) in [5.41, 5.74) is 0.0737. The summed E-state index contributed by atoms with van der Waals surface area (Å²) in [7, 11) is -3.82. The van der Waals surface area contributed by atoms with Crippen LogP contribution in [0.15, 0.2) is 23.1 Å². The largest absolute Gasteiger partial charge is 0.316 e. The molecule has 2 saturated heterocycles. The average molecular weight is 348 g/mol. The number of rotatable bonds is 3. The van der Waals surface area contributed by atoms with Crippen LogP contribution in [0.2, 0.25) is 0 Å². The minimum atomic E-state index is -3.82. The minimum absolute atomic E-state index is 0. The first-order valence-corrected chi connectivity index (χ1v) is 8.30. The van der Waals surface area contributed by atoms with Crippen LogP contribution in [-0.2, 0) is 10.0 Å². The Balaban J connectivity index is 0.00000176. The molecule has 2 aliphatic rings. The third-order valence-corrected chi connectivity index (χ3v) is 6.37. The summed E-state index contributed by atoms with van der Waals surface area (Å²) >= 11 is 0. The number of aryl methyl sites for hydroxylation is 1. The van der Waals surface area contributed by atoms with Crippen LogP contribution in [0.1, 0.15) is 5.56 Å². The number of sulfonamides is 1. The van der Waals surface area contributed by atoms with Crippen LogP contribution < -0.4 is 5.32 Å². The molecule has 2 aliphatic heterocycles. The predicted octanol–water partition coefficient (Wildman–Crippen LogP) is 1.16. The number of fused-ring (bicyclic) bond motifs is 1. The maximum absolute atomic E-state index is 12.8. The van der Waals surface area contributed by atoms with Crippen molar-refractivity contribution < 1.29 is 13.3 Å². The van der Waals surface area contributed by atoms with Gasteiger partial charge in [-0.05, 0) is 37.4 Å². The van der Waals surface area contributed by atoms with Crippen molar-refractivity contribution >= 4 is 28.1 Å². The summed E-state index contributed by atoms with van der Waals surface area (Å²) in [5.74, 6) is 0.616. The molecule has 0 bridgehead atoms. The van der Waals surface area contributed by atoms with Crippen LogP contribution in [0, 0.1) is 28.9 Å². The van der Waals surface area contributed by atoms with E-state index < -0.39 is 14.9 Å². The second-order valence-corrected chi connectivity index (χ2v) is 7.56. The SMILES string of the molecule is Cc1cccc([N+](=O)[O-])c1S(=O)(=O)N1C[C@H]2CNC[C@H]2C1.Cl. The van der Waals surface area contributed by atoms with E-state index in [1.165, 1.54) is 16.4 Å². The second kappa shape index (κ2) is 6.11. The summed E-state index contributed by atoms with van der Waals surface area (Å²) in [5, 5.41) is 14.4. The molecule has 0 saturated carbocycles. The van der Waals surface area contributed by atoms with Gasteiger partial charge in [0.2, 0.25) is 10.0 Å². The third kappa shape index (κ3) is 2.71. The molecule has 1 N–H and O–H groups in total. The van der Waals surface area contributed by atoms with Crippen LogP contribution in [0.5, 0.6) is 0 Å². The van der Waals surface area contributed by atoms with Gasteiger partial charge in [-0.1, -0.05) is 12.1 Å². The van der Waals surface area contributed by atoms with Gasteiger partial charge >= 0.3 is 0 Å². The van der Waals surface area contributed by atoms with E-state index >= 15 is 0 Å². The monoisotopic (exact) mass is 347 g/mol. The van der Waals surface area contributed by atoms with Crippen LogP contribution in [0.4, 0.5) is 5.69 Å². The zero-order chi connectivity index (χ0) is 15.2. The number of nitro groups is 1. The van der Waals surface area contributed by atoms with Crippen LogP contribution in [-0.4, -0.2) is 43.8 Å². The molecule has 3 rings (SSSR count). The van der Waals surface area contributed by atoms with Gasteiger partial charge in [-0.25, -0.2) is 8.42 Å². The fourth-order valence-corrected chi connectivity index (χ4v) is 5.17. The summed E-state index contributed by atoms with van der Waals surface area (Å²) in [6.45, 7) is 4.09. The molecule has 2 atom stereocenters. The number of nitrogens with zero attached hydrogens (tertiary/aromatic N) is 2. The fourth-order valence-electron chi connectivity index (χ4n) is 3.25. The fraction of sp³-hybridized carbons (Fsp3) is 0.538. The zero-order valence-corrected chi connectivity index (χ0v) is 13.7. The van der Waals surface area contributed by atoms with Crippen molar-refractivity contribution in [3.63, 3.8) is 0 Å². The summed E-state index contributed by atoms with van der Waals surface area (Å²) < 4.78 is 27.0. The van der Waals surface area contributed by atoms with Crippen molar-refractivity contribution in [2.45, 2.75) is 11.8 Å². The molecule has 0 spiro atoms. The van der Waals surface area contributed by atoms with E-state index in [9.17, 15) is 18.5 Å². The van der Waals surface area contributed by atoms with Crippen LogP contribution >= 0.6 is 12.4 Å². The van der Waals surface area contributed by atoms with Gasteiger partial charge in [0.1, 0.15) is 0 Å². The Bertz CT molecular complexity index is 683. The molecule has 1 aromatic carbocycles. The number of nitrogens with one attached hydrogen (secondary N) is 1. The highest BCUT2D eigenvalue weighted by molar-refractivity contribution is 7.89. The first-order chi connectivity index (χ1) is 9.91. The lowest BCUT2D eigenvalue weighted by Gasteiger charge is -2.18. The van der Waals surface area contributed by atoms with Gasteiger partial charge in [0.25, 0.3) is 5.69 Å². The van der Waals surface area contributed by atoms with Crippen molar-refractivity contribution in [3.8, 4) is 0 Å². The molecule has 0 aromatic heterocycles. The highest BCUT2D eigenvalue weighted by Crippen LogP contribution is 2.35. The third-order valence-electron chi connectivity index (χ3n) is 4.34. The van der Waals surface area contributed by atoms with Crippen LogP contribution in [0.25, 0.3) is 0 Å². The first kappa shape index (κ1) is 17.1. The number of hydrogen-bond donors (Lipinski definition) is 1. The Morgan fingerprint density at radius 1 is 1.27 bits per heavy atom. The Labute approximate surface area is 135 Å². The molecule has 2 fully saturated rings. The second-order valence-electron chi connectivity index (χ2n) is 5.68. The van der Waals surface area contributed by atoms with Gasteiger partial charge in [0, 0.05) is 19.2 Å². The highest BCUT2D eigenvalue weighted by atomic mass is 35.5. The molecular weight excluding hydrogens is 330 g/mol. The van der Waals surface area contributed by atoms with Gasteiger partial charge in [-0.2, -0.15) is 4.31 Å². The predicted molar refractivity (Wildman–Crippen MR) is 83.7 cm³/mol. The van der Waals surface area contributed by atoms with E-state index in [1.807, 2.05) is 0 Å². The lowest BCUT2D eigenvalue weighted by Crippen LogP contribution is -2.32. The molecule has 1 aromatic rings. The number of nitro benzene ring substituents is 1. The Kier molecular flexibility index (Phi) is 4.76. The van der Waals surface area contributed by atoms with E-state index in [1.54, 1.807) is 13.0 Å². The summed E-state index contributed by atoms with van der Waals surface area (Å²) in [6.07, 6.45) is 0. The van der Waals surface area contributed by atoms with E-state index in [2.05, 4.69) is 5.32 Å². The van der Waals surface area contributed by atoms with E-state index in [0.29, 0.717) is 30.5 Å². The molecule has 9 heteroatoms. The molecule has 0 radical (unpaired) electrons. The molecule has 22 heavy (non-hydrogen) atoms. The Morgan fingerprint density at radius 3 is 2.41 bits per heavy atom. The Morgan fingerprint density at radius 2 is 1.86 bits per heavy atom. The summed E-state index contributed by atoms with van der Waals surface area (Å²) in [6, 6.07) is 4.35. The van der Waals surface area contributed by atoms with Crippen molar-refractivity contribution in [3.05, 3.63) is 33.9 Å². The molecular formula is C13H18ClN3O4S. The van der Waals surface area contributed by atoms with E-state index in [-0.39, 0.29) is 23.0 Å². The number of halogens is 1. The smallest absolute Gasteiger partial charge is 0.289 e. The average Bonchev–Trinajstić information content (AvgIpc) is 2.98. The van der Waals surface area contributed by atoms with Gasteiger partial charge < -0.3 is 5.32 Å². The Hall–Kier alpha value is -1.22. The molecule has 0 aliphatic carbocycles. The van der Waals surface area contributed by atoms with Crippen molar-refractivity contribution in [2.75, 3.05) is 26.2 Å². The quantitative estimate of drug-likeness (QED) is 0.654. The first-order valence-electron chi connectivity index (χ1n) is 6.86. The van der Waals surface area contributed by atoms with Crippen molar-refractivity contribution in [1.82, 2.24) is 9.62 Å². The molecule has 2 heterocycles. The van der Waals surface area contributed by atoms with Gasteiger partial charge in [-0.15, -0.1) is 12.4 Å². The van der Waals surface area contributed by atoms with Crippen molar-refractivity contribution in [1.29, 1.82) is 0 Å². The van der Waals surface area contributed by atoms with Gasteiger partial charge in [0.15, 0.2) is 4.90 Å². The van der Waals surface area contributed by atoms with Gasteiger partial charge in [-0.3, -0.25) is 10.1 Å². The van der Waals surface area contributed by atoms with Crippen molar-refractivity contribution in [2.24, 2.45) is 11.8 Å².